The van der Waals surface area contributed by atoms with Crippen LogP contribution in [0.1, 0.15) is 30.0 Å². The Kier molecular flexibility index (Phi) is 6.15. The molecule has 10 heteroatoms. The lowest BCUT2D eigenvalue weighted by Crippen LogP contribution is -2.53. The second-order valence-corrected chi connectivity index (χ2v) is 8.95. The van der Waals surface area contributed by atoms with Crippen LogP contribution >= 0.6 is 0 Å². The lowest BCUT2D eigenvalue weighted by molar-refractivity contribution is -0.121. The molecule has 1 aliphatic heterocycles. The molecule has 1 saturated heterocycles. The summed E-state index contributed by atoms with van der Waals surface area (Å²) in [5.74, 6) is 0.614. The Balaban J connectivity index is 1.60. The van der Waals surface area contributed by atoms with Crippen molar-refractivity contribution in [2.24, 2.45) is 0 Å². The van der Waals surface area contributed by atoms with E-state index in [1.165, 1.54) is 35.5 Å². The Morgan fingerprint density at radius 3 is 2.28 bits per heavy atom. The van der Waals surface area contributed by atoms with Crippen molar-refractivity contribution in [1.29, 1.82) is 0 Å². The average Bonchev–Trinajstić information content (AvgIpc) is 3.12. The van der Waals surface area contributed by atoms with Crippen molar-refractivity contribution in [3.05, 3.63) is 41.7 Å². The van der Waals surface area contributed by atoms with Gasteiger partial charge in [0.2, 0.25) is 15.9 Å². The molecule has 9 nitrogen and oxygen atoms in total. The van der Waals surface area contributed by atoms with Crippen molar-refractivity contribution in [2.75, 3.05) is 31.5 Å². The van der Waals surface area contributed by atoms with Gasteiger partial charge >= 0.3 is 0 Å². The van der Waals surface area contributed by atoms with Gasteiger partial charge in [-0.1, -0.05) is 17.3 Å². The van der Waals surface area contributed by atoms with Gasteiger partial charge in [-0.2, -0.15) is 4.31 Å². The highest BCUT2D eigenvalue weighted by Crippen LogP contribution is 2.19. The van der Waals surface area contributed by atoms with Gasteiger partial charge in [0, 0.05) is 37.8 Å². The Labute approximate surface area is 169 Å². The summed E-state index contributed by atoms with van der Waals surface area (Å²) < 4.78 is 32.0. The third kappa shape index (κ3) is 4.72. The minimum atomic E-state index is -3.65. The fourth-order valence-electron chi connectivity index (χ4n) is 3.16. The molecular weight excluding hydrogens is 396 g/mol. The topological polar surface area (TPSA) is 113 Å². The van der Waals surface area contributed by atoms with Gasteiger partial charge in [-0.15, -0.1) is 0 Å². The molecule has 1 amide bonds. The van der Waals surface area contributed by atoms with E-state index in [2.05, 4.69) is 10.5 Å². The van der Waals surface area contributed by atoms with E-state index in [0.717, 1.165) is 0 Å². The predicted octanol–water partition coefficient (Wildman–Crippen LogP) is 1.52. The van der Waals surface area contributed by atoms with Crippen LogP contribution in [-0.4, -0.2) is 66.7 Å². The maximum absolute atomic E-state index is 12.8. The molecule has 0 spiro atoms. The maximum Gasteiger partial charge on any atom is 0.243 e. The average molecular weight is 420 g/mol. The van der Waals surface area contributed by atoms with Gasteiger partial charge in [0.15, 0.2) is 11.6 Å². The third-order valence-electron chi connectivity index (χ3n) is 4.98. The van der Waals surface area contributed by atoms with E-state index in [1.54, 1.807) is 19.9 Å². The first-order valence-corrected chi connectivity index (χ1v) is 10.7. The van der Waals surface area contributed by atoms with Crippen molar-refractivity contribution < 1.29 is 22.5 Å². The summed E-state index contributed by atoms with van der Waals surface area (Å²) >= 11 is 0. The molecule has 29 heavy (non-hydrogen) atoms. The molecule has 1 N–H and O–H groups in total. The normalized spacial score (nSPS) is 17.1. The predicted molar refractivity (Wildman–Crippen MR) is 106 cm³/mol. The van der Waals surface area contributed by atoms with Gasteiger partial charge in [0.05, 0.1) is 10.9 Å². The van der Waals surface area contributed by atoms with Crippen LogP contribution in [0.5, 0.6) is 0 Å². The highest BCUT2D eigenvalue weighted by Gasteiger charge is 2.32. The highest BCUT2D eigenvalue weighted by atomic mass is 32.2. The second kappa shape index (κ2) is 8.44. The van der Waals surface area contributed by atoms with E-state index < -0.39 is 16.1 Å². The van der Waals surface area contributed by atoms with Crippen LogP contribution in [0.3, 0.4) is 0 Å². The quantitative estimate of drug-likeness (QED) is 0.705. The van der Waals surface area contributed by atoms with Crippen LogP contribution in [-0.2, 0) is 14.8 Å². The number of hydrogen-bond acceptors (Lipinski definition) is 7. The summed E-state index contributed by atoms with van der Waals surface area (Å²) in [5.41, 5.74) is 0.468. The zero-order valence-electron chi connectivity index (χ0n) is 16.6. The molecule has 2 aromatic rings. The Morgan fingerprint density at radius 1 is 1.14 bits per heavy atom. The number of rotatable bonds is 6. The number of benzene rings is 1. The van der Waals surface area contributed by atoms with Crippen LogP contribution in [0.4, 0.5) is 5.82 Å². The molecule has 1 fully saturated rings. The monoisotopic (exact) mass is 420 g/mol. The summed E-state index contributed by atoms with van der Waals surface area (Å²) in [4.78, 5) is 25.9. The Hall–Kier alpha value is -2.56. The zero-order chi connectivity index (χ0) is 21.2. The molecule has 1 aromatic heterocycles. The number of nitrogens with zero attached hydrogens (tertiary/aromatic N) is 3. The number of carbonyl (C=O) groups is 2. The summed E-state index contributed by atoms with van der Waals surface area (Å²) in [6.45, 7) is 6.35. The van der Waals surface area contributed by atoms with Crippen LogP contribution < -0.4 is 5.32 Å². The standard InChI is InChI=1S/C19H24N4O5S/c1-13-12-18(21-28-13)20-19(25)14(2)22-8-10-23(11-9-22)29(26,27)17-6-4-16(5-7-17)15(3)24/h4-7,12,14H,8-11H2,1-3H3,(H,20,21,25)/t14-/m1/s1. The molecule has 2 heterocycles. The first-order chi connectivity index (χ1) is 13.7. The Morgan fingerprint density at radius 2 is 1.76 bits per heavy atom. The van der Waals surface area contributed by atoms with Crippen LogP contribution in [0.15, 0.2) is 39.8 Å². The summed E-state index contributed by atoms with van der Waals surface area (Å²) in [6.07, 6.45) is 0. The lowest BCUT2D eigenvalue weighted by Gasteiger charge is -2.36. The minimum Gasteiger partial charge on any atom is -0.360 e. The van der Waals surface area contributed by atoms with Gasteiger partial charge in [-0.05, 0) is 32.9 Å². The van der Waals surface area contributed by atoms with Crippen LogP contribution in [0.25, 0.3) is 0 Å². The maximum atomic E-state index is 12.8. The van der Waals surface area contributed by atoms with Gasteiger partial charge in [0.1, 0.15) is 5.76 Å². The number of aromatic nitrogens is 1. The zero-order valence-corrected chi connectivity index (χ0v) is 17.4. The molecule has 1 aromatic carbocycles. The number of piperazine rings is 1. The fourth-order valence-corrected chi connectivity index (χ4v) is 4.59. The minimum absolute atomic E-state index is 0.115. The molecule has 0 unspecified atom stereocenters. The first kappa shape index (κ1) is 21.2. The number of nitrogens with one attached hydrogen (secondary N) is 1. The number of ketones is 1. The molecule has 0 bridgehead atoms. The van der Waals surface area contributed by atoms with E-state index in [4.69, 9.17) is 4.52 Å². The number of carbonyl (C=O) groups excluding carboxylic acids is 2. The van der Waals surface area contributed by atoms with Crippen molar-refractivity contribution >= 4 is 27.5 Å². The molecular formula is C19H24N4O5S. The van der Waals surface area contributed by atoms with Crippen molar-refractivity contribution in [1.82, 2.24) is 14.4 Å². The van der Waals surface area contributed by atoms with Crippen molar-refractivity contribution in [2.45, 2.75) is 31.7 Å². The number of amides is 1. The third-order valence-corrected chi connectivity index (χ3v) is 6.89. The number of sulfonamides is 1. The highest BCUT2D eigenvalue weighted by molar-refractivity contribution is 7.89. The van der Waals surface area contributed by atoms with E-state index in [0.29, 0.717) is 30.2 Å². The fraction of sp³-hybridized carbons (Fsp3) is 0.421. The number of aryl methyl sites for hydroxylation is 1. The summed E-state index contributed by atoms with van der Waals surface area (Å²) in [6, 6.07) is 7.13. The number of anilines is 1. The van der Waals surface area contributed by atoms with Gasteiger partial charge in [-0.3, -0.25) is 14.5 Å². The lowest BCUT2D eigenvalue weighted by atomic mass is 10.2. The smallest absolute Gasteiger partial charge is 0.243 e. The molecule has 0 aliphatic carbocycles. The molecule has 156 valence electrons. The summed E-state index contributed by atoms with van der Waals surface area (Å²) in [7, 11) is -3.65. The second-order valence-electron chi connectivity index (χ2n) is 7.01. The first-order valence-electron chi connectivity index (χ1n) is 9.28. The van der Waals surface area contributed by atoms with Gasteiger partial charge in [-0.25, -0.2) is 8.42 Å². The van der Waals surface area contributed by atoms with Crippen molar-refractivity contribution in [3.63, 3.8) is 0 Å². The van der Waals surface area contributed by atoms with Crippen LogP contribution in [0.2, 0.25) is 0 Å². The van der Waals surface area contributed by atoms with Crippen LogP contribution in [0, 0.1) is 6.92 Å². The van der Waals surface area contributed by atoms with E-state index in [9.17, 15) is 18.0 Å². The van der Waals surface area contributed by atoms with Gasteiger partial charge < -0.3 is 9.84 Å². The molecule has 1 aliphatic rings. The SMILES string of the molecule is CC(=O)c1ccc(S(=O)(=O)N2CCN([C@H](C)C(=O)Nc3cc(C)on3)CC2)cc1. The van der Waals surface area contributed by atoms with Gasteiger partial charge in [0.25, 0.3) is 0 Å². The number of hydrogen-bond donors (Lipinski definition) is 1. The van der Waals surface area contributed by atoms with E-state index in [-0.39, 0.29) is 29.7 Å². The summed E-state index contributed by atoms with van der Waals surface area (Å²) in [5, 5.41) is 6.44. The molecule has 3 rings (SSSR count). The number of Topliss-reactive ketones (excluding diaryl/α,β-unsaturated/α-hetero) is 1. The van der Waals surface area contributed by atoms with E-state index in [1.807, 2.05) is 4.90 Å². The molecule has 0 radical (unpaired) electrons. The molecule has 0 saturated carbocycles. The Bertz CT molecular complexity index is 992. The van der Waals surface area contributed by atoms with E-state index >= 15 is 0 Å². The van der Waals surface area contributed by atoms with Crippen molar-refractivity contribution in [3.8, 4) is 0 Å². The largest absolute Gasteiger partial charge is 0.360 e. The molecule has 1 atom stereocenters.